The zero-order valence-corrected chi connectivity index (χ0v) is 18.5. The lowest BCUT2D eigenvalue weighted by molar-refractivity contribution is 0.561. The maximum atomic E-state index is 2.53. The molecule has 0 bridgehead atoms. The van der Waals surface area contributed by atoms with Crippen LogP contribution < -0.4 is 4.90 Å². The van der Waals surface area contributed by atoms with E-state index in [0.29, 0.717) is 0 Å². The highest BCUT2D eigenvalue weighted by Gasteiger charge is 2.38. The van der Waals surface area contributed by atoms with E-state index < -0.39 is 0 Å². The second kappa shape index (κ2) is 6.47. The monoisotopic (exact) mass is 391 g/mol. The van der Waals surface area contributed by atoms with Crippen LogP contribution in [0.25, 0.3) is 21.9 Å². The molecule has 0 spiro atoms. The maximum absolute atomic E-state index is 2.53. The molecule has 1 nitrogen and oxygen atoms in total. The quantitative estimate of drug-likeness (QED) is 0.334. The van der Waals surface area contributed by atoms with E-state index in [1.54, 1.807) is 0 Å². The van der Waals surface area contributed by atoms with Crippen molar-refractivity contribution in [3.05, 3.63) is 96.1 Å². The standard InChI is InChI=1S/C29H29N/c1-28(2,3)30(25-18-10-13-20-12-6-7-14-21(20)25)26-19-11-17-24-27(26)22-15-8-9-16-23(22)29(24,4)5/h6-19H,1-5H3. The predicted octanol–water partition coefficient (Wildman–Crippen LogP) is 8.08. The van der Waals surface area contributed by atoms with Crippen LogP contribution in [0.2, 0.25) is 0 Å². The van der Waals surface area contributed by atoms with E-state index in [1.165, 1.54) is 44.4 Å². The summed E-state index contributed by atoms with van der Waals surface area (Å²) in [4.78, 5) is 2.53. The summed E-state index contributed by atoms with van der Waals surface area (Å²) in [7, 11) is 0. The van der Waals surface area contributed by atoms with E-state index >= 15 is 0 Å². The molecule has 1 heteroatoms. The summed E-state index contributed by atoms with van der Waals surface area (Å²) in [6.45, 7) is 11.6. The third-order valence-corrected chi connectivity index (χ3v) is 6.50. The van der Waals surface area contributed by atoms with E-state index in [4.69, 9.17) is 0 Å². The van der Waals surface area contributed by atoms with Gasteiger partial charge >= 0.3 is 0 Å². The number of benzene rings is 4. The van der Waals surface area contributed by atoms with Crippen molar-refractivity contribution in [2.45, 2.75) is 45.6 Å². The van der Waals surface area contributed by atoms with Gasteiger partial charge in [0.05, 0.1) is 0 Å². The first kappa shape index (κ1) is 18.9. The van der Waals surface area contributed by atoms with Crippen molar-refractivity contribution < 1.29 is 0 Å². The Labute approximate surface area is 180 Å². The van der Waals surface area contributed by atoms with Gasteiger partial charge in [-0.25, -0.2) is 0 Å². The first-order valence-electron chi connectivity index (χ1n) is 10.8. The lowest BCUT2D eigenvalue weighted by Crippen LogP contribution is -2.38. The summed E-state index contributed by atoms with van der Waals surface area (Å²) in [5.74, 6) is 0. The van der Waals surface area contributed by atoms with Gasteiger partial charge in [0, 0.05) is 33.3 Å². The number of hydrogen-bond donors (Lipinski definition) is 0. The Bertz CT molecular complexity index is 1250. The Balaban J connectivity index is 1.85. The molecule has 0 amide bonds. The third-order valence-electron chi connectivity index (χ3n) is 6.50. The lowest BCUT2D eigenvalue weighted by atomic mass is 9.82. The topological polar surface area (TPSA) is 3.24 Å². The SMILES string of the molecule is CC1(C)c2ccccc2-c2c(N(c3cccc4ccccc34)C(C)(C)C)cccc21. The van der Waals surface area contributed by atoms with Crippen LogP contribution in [0.4, 0.5) is 11.4 Å². The highest BCUT2D eigenvalue weighted by molar-refractivity contribution is 6.00. The Hall–Kier alpha value is -3.06. The minimum atomic E-state index is -0.0824. The smallest absolute Gasteiger partial charge is 0.0498 e. The zero-order chi connectivity index (χ0) is 21.1. The molecule has 1 aliphatic rings. The number of nitrogens with zero attached hydrogens (tertiary/aromatic N) is 1. The van der Waals surface area contributed by atoms with E-state index in [2.05, 4.69) is 124 Å². The molecule has 0 radical (unpaired) electrons. The highest BCUT2D eigenvalue weighted by atomic mass is 15.2. The van der Waals surface area contributed by atoms with E-state index in [0.717, 1.165) is 0 Å². The molecule has 0 aromatic heterocycles. The molecule has 4 aromatic rings. The Kier molecular flexibility index (Phi) is 4.08. The molecular formula is C29H29N. The van der Waals surface area contributed by atoms with Crippen molar-refractivity contribution in [1.82, 2.24) is 0 Å². The van der Waals surface area contributed by atoms with Crippen molar-refractivity contribution in [3.8, 4) is 11.1 Å². The summed E-state index contributed by atoms with van der Waals surface area (Å²) >= 11 is 0. The molecule has 0 unspecified atom stereocenters. The summed E-state index contributed by atoms with van der Waals surface area (Å²) in [6, 6.07) is 31.1. The van der Waals surface area contributed by atoms with Crippen LogP contribution in [0.1, 0.15) is 45.7 Å². The third kappa shape index (κ3) is 2.69. The van der Waals surface area contributed by atoms with Crippen LogP contribution in [-0.4, -0.2) is 5.54 Å². The number of anilines is 2. The van der Waals surface area contributed by atoms with Gasteiger partial charge in [0.25, 0.3) is 0 Å². The van der Waals surface area contributed by atoms with Gasteiger partial charge in [-0.3, -0.25) is 0 Å². The molecule has 0 heterocycles. The predicted molar refractivity (Wildman–Crippen MR) is 130 cm³/mol. The van der Waals surface area contributed by atoms with Crippen LogP contribution in [0.3, 0.4) is 0 Å². The summed E-state index contributed by atoms with van der Waals surface area (Å²) in [5.41, 5.74) is 8.04. The molecule has 0 fully saturated rings. The average Bonchev–Trinajstić information content (AvgIpc) is 2.96. The fourth-order valence-corrected chi connectivity index (χ4v) is 5.18. The second-order valence-electron chi connectivity index (χ2n) is 9.87. The van der Waals surface area contributed by atoms with Crippen molar-refractivity contribution in [3.63, 3.8) is 0 Å². The molecule has 0 N–H and O–H groups in total. The van der Waals surface area contributed by atoms with E-state index in [-0.39, 0.29) is 11.0 Å². The lowest BCUT2D eigenvalue weighted by Gasteiger charge is -2.40. The second-order valence-corrected chi connectivity index (χ2v) is 9.87. The molecule has 0 saturated heterocycles. The van der Waals surface area contributed by atoms with Gasteiger partial charge in [-0.05, 0) is 55.0 Å². The van der Waals surface area contributed by atoms with Gasteiger partial charge in [0.1, 0.15) is 0 Å². The molecule has 0 atom stereocenters. The fourth-order valence-electron chi connectivity index (χ4n) is 5.18. The average molecular weight is 392 g/mol. The van der Waals surface area contributed by atoms with Crippen LogP contribution >= 0.6 is 0 Å². The van der Waals surface area contributed by atoms with Crippen molar-refractivity contribution >= 4 is 22.1 Å². The van der Waals surface area contributed by atoms with Gasteiger partial charge in [-0.1, -0.05) is 86.6 Å². The van der Waals surface area contributed by atoms with Crippen LogP contribution in [0.5, 0.6) is 0 Å². The van der Waals surface area contributed by atoms with Gasteiger partial charge in [0.15, 0.2) is 0 Å². The Morgan fingerprint density at radius 3 is 2.03 bits per heavy atom. The van der Waals surface area contributed by atoms with Gasteiger partial charge in [-0.2, -0.15) is 0 Å². The minimum absolute atomic E-state index is 0.00421. The Morgan fingerprint density at radius 2 is 1.23 bits per heavy atom. The zero-order valence-electron chi connectivity index (χ0n) is 18.5. The molecule has 0 saturated carbocycles. The van der Waals surface area contributed by atoms with Crippen molar-refractivity contribution in [2.24, 2.45) is 0 Å². The van der Waals surface area contributed by atoms with Crippen molar-refractivity contribution in [2.75, 3.05) is 4.90 Å². The summed E-state index contributed by atoms with van der Waals surface area (Å²) in [6.07, 6.45) is 0. The molecule has 30 heavy (non-hydrogen) atoms. The van der Waals surface area contributed by atoms with Crippen LogP contribution in [-0.2, 0) is 5.41 Å². The normalized spacial score (nSPS) is 14.4. The minimum Gasteiger partial charge on any atom is -0.335 e. The van der Waals surface area contributed by atoms with E-state index in [9.17, 15) is 0 Å². The van der Waals surface area contributed by atoms with Crippen LogP contribution in [0, 0.1) is 0 Å². The highest BCUT2D eigenvalue weighted by Crippen LogP contribution is 2.54. The molecular weight excluding hydrogens is 362 g/mol. The van der Waals surface area contributed by atoms with Gasteiger partial charge in [-0.15, -0.1) is 0 Å². The molecule has 150 valence electrons. The Morgan fingerprint density at radius 1 is 0.633 bits per heavy atom. The fraction of sp³-hybridized carbons (Fsp3) is 0.241. The largest absolute Gasteiger partial charge is 0.335 e. The number of fused-ring (bicyclic) bond motifs is 4. The van der Waals surface area contributed by atoms with Crippen LogP contribution in [0.15, 0.2) is 84.9 Å². The number of hydrogen-bond acceptors (Lipinski definition) is 1. The molecule has 0 aliphatic heterocycles. The first-order valence-corrected chi connectivity index (χ1v) is 10.8. The first-order chi connectivity index (χ1) is 14.3. The molecule has 1 aliphatic carbocycles. The maximum Gasteiger partial charge on any atom is 0.0498 e. The van der Waals surface area contributed by atoms with E-state index in [1.807, 2.05) is 0 Å². The summed E-state index contributed by atoms with van der Waals surface area (Å²) in [5, 5.41) is 2.57. The van der Waals surface area contributed by atoms with Crippen molar-refractivity contribution in [1.29, 1.82) is 0 Å². The molecule has 4 aromatic carbocycles. The summed E-state index contributed by atoms with van der Waals surface area (Å²) < 4.78 is 0. The van der Waals surface area contributed by atoms with Gasteiger partial charge < -0.3 is 4.90 Å². The number of rotatable bonds is 2. The molecule has 5 rings (SSSR count). The van der Waals surface area contributed by atoms with Gasteiger partial charge in [0.2, 0.25) is 0 Å².